The molecular weight excluding hydrogens is 456 g/mol. The van der Waals surface area contributed by atoms with Crippen molar-refractivity contribution in [3.8, 4) is 0 Å². The average molecular weight is 471 g/mol. The van der Waals surface area contributed by atoms with E-state index in [-0.39, 0.29) is 28.7 Å². The van der Waals surface area contributed by atoms with Gasteiger partial charge < -0.3 is 4.90 Å². The number of carbonyl (C=O) groups excluding carboxylic acids is 4. The number of benzene rings is 2. The van der Waals surface area contributed by atoms with Gasteiger partial charge in [-0.3, -0.25) is 24.1 Å². The normalized spacial score (nSPS) is 18.6. The molecule has 2 aliphatic heterocycles. The van der Waals surface area contributed by atoms with E-state index in [2.05, 4.69) is 15.9 Å². The van der Waals surface area contributed by atoms with E-state index < -0.39 is 11.1 Å². The molecule has 146 valence electrons. The SMILES string of the molecule is CCN1C(=O)/C(=C2/SC(=O)N(CC(=O)c3ccc(Br)cc3)C2=O)c2ccccc21. The van der Waals surface area contributed by atoms with Crippen LogP contribution in [0.1, 0.15) is 22.8 Å². The number of hydrogen-bond donors (Lipinski definition) is 0. The lowest BCUT2D eigenvalue weighted by molar-refractivity contribution is -0.122. The van der Waals surface area contributed by atoms with Crippen LogP contribution in [0.15, 0.2) is 57.9 Å². The third-order valence-electron chi connectivity index (χ3n) is 4.78. The summed E-state index contributed by atoms with van der Waals surface area (Å²) < 4.78 is 0.823. The van der Waals surface area contributed by atoms with Crippen molar-refractivity contribution in [1.82, 2.24) is 4.90 Å². The Balaban J connectivity index is 1.67. The maximum absolute atomic E-state index is 13.0. The predicted octanol–water partition coefficient (Wildman–Crippen LogP) is 4.11. The van der Waals surface area contributed by atoms with Crippen molar-refractivity contribution in [3.63, 3.8) is 0 Å². The van der Waals surface area contributed by atoms with Gasteiger partial charge in [0, 0.05) is 22.1 Å². The van der Waals surface area contributed by atoms with Crippen LogP contribution >= 0.6 is 27.7 Å². The van der Waals surface area contributed by atoms with E-state index in [1.807, 2.05) is 19.1 Å². The van der Waals surface area contributed by atoms with E-state index in [0.29, 0.717) is 35.1 Å². The fourth-order valence-electron chi connectivity index (χ4n) is 3.37. The van der Waals surface area contributed by atoms with Crippen LogP contribution in [0.25, 0.3) is 5.57 Å². The molecule has 0 aliphatic carbocycles. The summed E-state index contributed by atoms with van der Waals surface area (Å²) in [6, 6.07) is 13.9. The van der Waals surface area contributed by atoms with E-state index in [4.69, 9.17) is 0 Å². The van der Waals surface area contributed by atoms with Gasteiger partial charge in [-0.1, -0.05) is 46.3 Å². The highest BCUT2D eigenvalue weighted by molar-refractivity contribution is 9.10. The average Bonchev–Trinajstić information content (AvgIpc) is 3.15. The van der Waals surface area contributed by atoms with Crippen molar-refractivity contribution in [2.45, 2.75) is 6.92 Å². The molecule has 1 fully saturated rings. The highest BCUT2D eigenvalue weighted by Gasteiger charge is 2.43. The minimum Gasteiger partial charge on any atom is -0.308 e. The first-order chi connectivity index (χ1) is 13.9. The fourth-order valence-corrected chi connectivity index (χ4v) is 4.56. The lowest BCUT2D eigenvalue weighted by Gasteiger charge is -2.13. The van der Waals surface area contributed by atoms with Gasteiger partial charge in [0.1, 0.15) is 0 Å². The zero-order valence-corrected chi connectivity index (χ0v) is 17.7. The molecule has 8 heteroatoms. The third kappa shape index (κ3) is 3.32. The number of ketones is 1. The Morgan fingerprint density at radius 3 is 2.34 bits per heavy atom. The highest BCUT2D eigenvalue weighted by atomic mass is 79.9. The van der Waals surface area contributed by atoms with Crippen molar-refractivity contribution in [2.24, 2.45) is 0 Å². The first-order valence-corrected chi connectivity index (χ1v) is 10.5. The number of amides is 3. The summed E-state index contributed by atoms with van der Waals surface area (Å²) in [4.78, 5) is 53.5. The molecule has 1 saturated heterocycles. The van der Waals surface area contributed by atoms with Crippen LogP contribution in [0, 0.1) is 0 Å². The molecule has 4 rings (SSSR count). The number of rotatable bonds is 4. The number of anilines is 1. The van der Waals surface area contributed by atoms with Crippen LogP contribution in [0.4, 0.5) is 10.5 Å². The fraction of sp³-hybridized carbons (Fsp3) is 0.143. The summed E-state index contributed by atoms with van der Waals surface area (Å²) in [6.07, 6.45) is 0. The Kier molecular flexibility index (Phi) is 5.14. The second kappa shape index (κ2) is 7.61. The van der Waals surface area contributed by atoms with E-state index >= 15 is 0 Å². The van der Waals surface area contributed by atoms with Crippen molar-refractivity contribution in [1.29, 1.82) is 0 Å². The Bertz CT molecular complexity index is 1090. The lowest BCUT2D eigenvalue weighted by atomic mass is 10.1. The maximum atomic E-state index is 13.0. The number of likely N-dealkylation sites (N-methyl/N-ethyl adjacent to an activating group) is 1. The molecule has 0 atom stereocenters. The van der Waals surface area contributed by atoms with Crippen molar-refractivity contribution >= 4 is 61.8 Å². The topological polar surface area (TPSA) is 74.8 Å². The smallest absolute Gasteiger partial charge is 0.294 e. The summed E-state index contributed by atoms with van der Waals surface area (Å²) in [5, 5.41) is -0.553. The van der Waals surface area contributed by atoms with Gasteiger partial charge in [0.2, 0.25) is 0 Å². The van der Waals surface area contributed by atoms with E-state index in [1.54, 1.807) is 41.3 Å². The molecule has 0 radical (unpaired) electrons. The summed E-state index contributed by atoms with van der Waals surface area (Å²) in [5.41, 5.74) is 1.97. The minimum atomic E-state index is -0.610. The molecule has 3 amide bonds. The van der Waals surface area contributed by atoms with Crippen LogP contribution in [0.2, 0.25) is 0 Å². The number of para-hydroxylation sites is 1. The number of thioether (sulfide) groups is 1. The van der Waals surface area contributed by atoms with E-state index in [1.165, 1.54) is 0 Å². The van der Waals surface area contributed by atoms with Gasteiger partial charge in [-0.15, -0.1) is 0 Å². The monoisotopic (exact) mass is 470 g/mol. The number of carbonyl (C=O) groups is 4. The second-order valence-electron chi connectivity index (χ2n) is 6.46. The molecule has 0 unspecified atom stereocenters. The first kappa shape index (κ1) is 19.6. The molecule has 0 aromatic heterocycles. The van der Waals surface area contributed by atoms with Crippen molar-refractivity contribution in [3.05, 3.63) is 69.0 Å². The predicted molar refractivity (Wildman–Crippen MR) is 115 cm³/mol. The van der Waals surface area contributed by atoms with Crippen LogP contribution in [0.5, 0.6) is 0 Å². The lowest BCUT2D eigenvalue weighted by Crippen LogP contribution is -2.34. The number of Topliss-reactive ketones (excluding diaryl/α,β-unsaturated/α-hetero) is 1. The summed E-state index contributed by atoms with van der Waals surface area (Å²) >= 11 is 4.01. The van der Waals surface area contributed by atoms with Crippen LogP contribution in [-0.4, -0.2) is 40.8 Å². The molecular formula is C21H15BrN2O4S. The third-order valence-corrected chi connectivity index (χ3v) is 6.29. The molecule has 2 aromatic rings. The summed E-state index contributed by atoms with van der Waals surface area (Å²) in [5.74, 6) is -1.26. The Morgan fingerprint density at radius 2 is 1.66 bits per heavy atom. The molecule has 29 heavy (non-hydrogen) atoms. The van der Waals surface area contributed by atoms with Gasteiger partial charge in [-0.25, -0.2) is 0 Å². The van der Waals surface area contributed by atoms with E-state index in [9.17, 15) is 19.2 Å². The number of nitrogens with zero attached hydrogens (tertiary/aromatic N) is 2. The molecule has 0 saturated carbocycles. The Labute approximate surface area is 179 Å². The molecule has 2 aromatic carbocycles. The van der Waals surface area contributed by atoms with Crippen molar-refractivity contribution in [2.75, 3.05) is 18.0 Å². The minimum absolute atomic E-state index is 0.0759. The quantitative estimate of drug-likeness (QED) is 0.496. The summed E-state index contributed by atoms with van der Waals surface area (Å²) in [7, 11) is 0. The Hall–Kier alpha value is -2.71. The van der Waals surface area contributed by atoms with Crippen LogP contribution in [0.3, 0.4) is 0 Å². The van der Waals surface area contributed by atoms with Gasteiger partial charge in [-0.2, -0.15) is 0 Å². The molecule has 0 N–H and O–H groups in total. The molecule has 2 heterocycles. The number of imide groups is 1. The van der Waals surface area contributed by atoms with Gasteiger partial charge in [0.15, 0.2) is 5.78 Å². The number of fused-ring (bicyclic) bond motifs is 1. The number of halogens is 1. The summed E-state index contributed by atoms with van der Waals surface area (Å²) in [6.45, 7) is 1.93. The van der Waals surface area contributed by atoms with Crippen molar-refractivity contribution < 1.29 is 19.2 Å². The number of hydrogen-bond acceptors (Lipinski definition) is 5. The largest absolute Gasteiger partial charge is 0.308 e. The van der Waals surface area contributed by atoms with Gasteiger partial charge in [-0.05, 0) is 36.9 Å². The van der Waals surface area contributed by atoms with E-state index in [0.717, 1.165) is 9.37 Å². The van der Waals surface area contributed by atoms with Gasteiger partial charge in [0.25, 0.3) is 17.1 Å². The maximum Gasteiger partial charge on any atom is 0.294 e. The zero-order chi connectivity index (χ0) is 20.7. The molecule has 0 bridgehead atoms. The van der Waals surface area contributed by atoms with Crippen LogP contribution < -0.4 is 4.90 Å². The molecule has 2 aliphatic rings. The highest BCUT2D eigenvalue weighted by Crippen LogP contribution is 2.44. The first-order valence-electron chi connectivity index (χ1n) is 8.90. The molecule has 6 nitrogen and oxygen atoms in total. The van der Waals surface area contributed by atoms with Crippen LogP contribution in [-0.2, 0) is 9.59 Å². The molecule has 0 spiro atoms. The van der Waals surface area contributed by atoms with Gasteiger partial charge >= 0.3 is 0 Å². The standard InChI is InChI=1S/C21H15BrN2O4S/c1-2-23-15-6-4-3-5-14(15)17(19(23)26)18-20(27)24(21(28)29-18)11-16(25)12-7-9-13(22)10-8-12/h3-10H,2,11H2,1H3/b18-17+. The zero-order valence-electron chi connectivity index (χ0n) is 15.3. The second-order valence-corrected chi connectivity index (χ2v) is 8.34. The Morgan fingerprint density at radius 1 is 0.966 bits per heavy atom. The van der Waals surface area contributed by atoms with Gasteiger partial charge in [0.05, 0.1) is 22.7 Å².